The van der Waals surface area contributed by atoms with E-state index in [-0.39, 0.29) is 15.5 Å². The van der Waals surface area contributed by atoms with E-state index in [0.717, 1.165) is 4.31 Å². The molecule has 39 heavy (non-hydrogen) atoms. The zero-order chi connectivity index (χ0) is 28.2. The molecule has 0 spiro atoms. The number of halogens is 2. The van der Waals surface area contributed by atoms with Crippen LogP contribution >= 0.6 is 23.2 Å². The number of sulfonamides is 2. The van der Waals surface area contributed by atoms with Crippen LogP contribution in [0.1, 0.15) is 5.56 Å². The molecule has 12 heteroatoms. The van der Waals surface area contributed by atoms with Gasteiger partial charge in [-0.15, -0.1) is 0 Å². The third-order valence-electron chi connectivity index (χ3n) is 5.59. The van der Waals surface area contributed by atoms with Gasteiger partial charge in [-0.1, -0.05) is 41.4 Å². The van der Waals surface area contributed by atoms with Crippen LogP contribution < -0.4 is 14.3 Å². The van der Waals surface area contributed by atoms with Crippen LogP contribution in [0.4, 0.5) is 17.1 Å². The number of carbonyl (C=O) groups excluding carboxylic acids is 1. The molecule has 4 aromatic rings. The molecule has 2 N–H and O–H groups in total. The van der Waals surface area contributed by atoms with Crippen LogP contribution in [0.5, 0.6) is 0 Å². The lowest BCUT2D eigenvalue weighted by Gasteiger charge is -2.25. The summed E-state index contributed by atoms with van der Waals surface area (Å²) < 4.78 is 55.9. The van der Waals surface area contributed by atoms with Crippen LogP contribution in [0.15, 0.2) is 107 Å². The number of anilines is 3. The van der Waals surface area contributed by atoms with E-state index in [1.54, 1.807) is 55.5 Å². The largest absolute Gasteiger partial charge is 0.325 e. The maximum atomic E-state index is 13.5. The van der Waals surface area contributed by atoms with Gasteiger partial charge in [-0.3, -0.25) is 13.8 Å². The molecule has 0 unspecified atom stereocenters. The lowest BCUT2D eigenvalue weighted by atomic mass is 10.2. The first-order valence-corrected chi connectivity index (χ1v) is 15.2. The minimum atomic E-state index is -4.10. The third kappa shape index (κ3) is 6.90. The first kappa shape index (κ1) is 28.4. The molecule has 0 atom stereocenters. The van der Waals surface area contributed by atoms with E-state index in [1.807, 2.05) is 0 Å². The standard InChI is InChI=1S/C27H23Cl2N3O5S2/c1-19-17-21(29)9-16-26(19)32(39(36,37)25-5-3-2-4-6-25)18-27(33)30-22-12-14-24(15-13-22)38(34,35)31-23-10-7-20(28)8-11-23/h2-17,31H,18H2,1H3,(H,30,33). The van der Waals surface area contributed by atoms with Crippen molar-refractivity contribution in [1.82, 2.24) is 0 Å². The van der Waals surface area contributed by atoms with Gasteiger partial charge in [0.2, 0.25) is 5.91 Å². The molecule has 0 aliphatic rings. The number of amides is 1. The van der Waals surface area contributed by atoms with Crippen molar-refractivity contribution < 1.29 is 21.6 Å². The number of carbonyl (C=O) groups is 1. The van der Waals surface area contributed by atoms with Gasteiger partial charge in [0.25, 0.3) is 20.0 Å². The highest BCUT2D eigenvalue weighted by Gasteiger charge is 2.28. The molecule has 0 bridgehead atoms. The second-order valence-electron chi connectivity index (χ2n) is 8.44. The Hall–Kier alpha value is -3.57. The normalized spacial score (nSPS) is 11.6. The van der Waals surface area contributed by atoms with Gasteiger partial charge in [-0.25, -0.2) is 16.8 Å². The first-order valence-electron chi connectivity index (χ1n) is 11.5. The Morgan fingerprint density at radius 1 is 0.744 bits per heavy atom. The summed E-state index contributed by atoms with van der Waals surface area (Å²) in [5.74, 6) is -0.626. The van der Waals surface area contributed by atoms with Crippen molar-refractivity contribution in [2.45, 2.75) is 16.7 Å². The van der Waals surface area contributed by atoms with Gasteiger partial charge >= 0.3 is 0 Å². The molecule has 0 aliphatic heterocycles. The quantitative estimate of drug-likeness (QED) is 0.246. The fraction of sp³-hybridized carbons (Fsp3) is 0.0741. The molecule has 4 rings (SSSR count). The Morgan fingerprint density at radius 2 is 1.33 bits per heavy atom. The molecule has 0 aromatic heterocycles. The highest BCUT2D eigenvalue weighted by atomic mass is 35.5. The summed E-state index contributed by atoms with van der Waals surface area (Å²) in [6, 6.07) is 24.2. The zero-order valence-corrected chi connectivity index (χ0v) is 23.7. The molecule has 0 aliphatic carbocycles. The summed E-state index contributed by atoms with van der Waals surface area (Å²) in [6.07, 6.45) is 0. The second-order valence-corrected chi connectivity index (χ2v) is 12.9. The fourth-order valence-electron chi connectivity index (χ4n) is 3.70. The van der Waals surface area contributed by atoms with E-state index in [2.05, 4.69) is 10.0 Å². The highest BCUT2D eigenvalue weighted by Crippen LogP contribution is 2.29. The van der Waals surface area contributed by atoms with Crippen molar-refractivity contribution in [3.05, 3.63) is 113 Å². The van der Waals surface area contributed by atoms with Gasteiger partial charge in [0.15, 0.2) is 0 Å². The number of benzene rings is 4. The van der Waals surface area contributed by atoms with E-state index in [9.17, 15) is 21.6 Å². The molecule has 0 fully saturated rings. The Kier molecular flexibility index (Phi) is 8.51. The van der Waals surface area contributed by atoms with Crippen molar-refractivity contribution in [3.63, 3.8) is 0 Å². The first-order chi connectivity index (χ1) is 18.5. The molecule has 0 saturated carbocycles. The molecular weight excluding hydrogens is 581 g/mol. The number of hydrogen-bond donors (Lipinski definition) is 2. The lowest BCUT2D eigenvalue weighted by molar-refractivity contribution is -0.114. The summed E-state index contributed by atoms with van der Waals surface area (Å²) in [4.78, 5) is 13.0. The Labute approximate surface area is 237 Å². The molecule has 0 heterocycles. The highest BCUT2D eigenvalue weighted by molar-refractivity contribution is 7.93. The van der Waals surface area contributed by atoms with Crippen LogP contribution in [0.2, 0.25) is 10.0 Å². The van der Waals surface area contributed by atoms with E-state index in [1.165, 1.54) is 48.5 Å². The predicted molar refractivity (Wildman–Crippen MR) is 154 cm³/mol. The monoisotopic (exact) mass is 603 g/mol. The average molecular weight is 605 g/mol. The van der Waals surface area contributed by atoms with Gasteiger partial charge in [0.05, 0.1) is 15.5 Å². The number of nitrogens with one attached hydrogen (secondary N) is 2. The number of rotatable bonds is 9. The Morgan fingerprint density at radius 3 is 1.95 bits per heavy atom. The Balaban J connectivity index is 1.54. The summed E-state index contributed by atoms with van der Waals surface area (Å²) in [7, 11) is -7.99. The van der Waals surface area contributed by atoms with Crippen LogP contribution in [-0.2, 0) is 24.8 Å². The van der Waals surface area contributed by atoms with E-state index >= 15 is 0 Å². The summed E-state index contributed by atoms with van der Waals surface area (Å²) >= 11 is 11.9. The van der Waals surface area contributed by atoms with Gasteiger partial charge in [-0.05, 0) is 91.3 Å². The average Bonchev–Trinajstić information content (AvgIpc) is 2.90. The van der Waals surface area contributed by atoms with Gasteiger partial charge in [0, 0.05) is 21.4 Å². The maximum Gasteiger partial charge on any atom is 0.264 e. The molecule has 0 radical (unpaired) electrons. The Bertz CT molecular complexity index is 1700. The molecule has 202 valence electrons. The molecule has 0 saturated heterocycles. The van der Waals surface area contributed by atoms with Gasteiger partial charge in [0.1, 0.15) is 6.54 Å². The van der Waals surface area contributed by atoms with E-state index in [0.29, 0.717) is 27.0 Å². The van der Waals surface area contributed by atoms with Gasteiger partial charge in [-0.2, -0.15) is 0 Å². The predicted octanol–water partition coefficient (Wildman–Crippen LogP) is 5.94. The summed E-state index contributed by atoms with van der Waals surface area (Å²) in [5, 5.41) is 3.53. The third-order valence-corrected chi connectivity index (χ3v) is 9.25. The topological polar surface area (TPSA) is 113 Å². The van der Waals surface area contributed by atoms with Crippen molar-refractivity contribution in [1.29, 1.82) is 0 Å². The zero-order valence-electron chi connectivity index (χ0n) is 20.5. The van der Waals surface area contributed by atoms with Crippen LogP contribution in [-0.4, -0.2) is 29.3 Å². The number of hydrogen-bond acceptors (Lipinski definition) is 5. The second kappa shape index (κ2) is 11.7. The van der Waals surface area contributed by atoms with Crippen LogP contribution in [0.3, 0.4) is 0 Å². The molecule has 4 aromatic carbocycles. The van der Waals surface area contributed by atoms with Crippen molar-refractivity contribution in [3.8, 4) is 0 Å². The molecular formula is C27H23Cl2N3O5S2. The minimum absolute atomic E-state index is 0.0231. The fourth-order valence-corrected chi connectivity index (χ4v) is 6.62. The van der Waals surface area contributed by atoms with Gasteiger partial charge < -0.3 is 5.32 Å². The van der Waals surface area contributed by atoms with Crippen molar-refractivity contribution >= 4 is 66.2 Å². The molecule has 8 nitrogen and oxygen atoms in total. The SMILES string of the molecule is Cc1cc(Cl)ccc1N(CC(=O)Nc1ccc(S(=O)(=O)Nc2ccc(Cl)cc2)cc1)S(=O)(=O)c1ccccc1. The van der Waals surface area contributed by atoms with E-state index in [4.69, 9.17) is 23.2 Å². The maximum absolute atomic E-state index is 13.5. The minimum Gasteiger partial charge on any atom is -0.325 e. The van der Waals surface area contributed by atoms with Crippen LogP contribution in [0.25, 0.3) is 0 Å². The smallest absolute Gasteiger partial charge is 0.264 e. The summed E-state index contributed by atoms with van der Waals surface area (Å²) in [5.41, 5.74) is 1.50. The number of aryl methyl sites for hydroxylation is 1. The van der Waals surface area contributed by atoms with Crippen molar-refractivity contribution in [2.75, 3.05) is 20.9 Å². The van der Waals surface area contributed by atoms with E-state index < -0.39 is 32.5 Å². The van der Waals surface area contributed by atoms with Crippen LogP contribution in [0, 0.1) is 6.92 Å². The summed E-state index contributed by atoms with van der Waals surface area (Å²) in [6.45, 7) is 1.17. The number of nitrogens with zero attached hydrogens (tertiary/aromatic N) is 1. The van der Waals surface area contributed by atoms with Crippen molar-refractivity contribution in [2.24, 2.45) is 0 Å². The molecule has 1 amide bonds. The lowest BCUT2D eigenvalue weighted by Crippen LogP contribution is -2.38.